The molecule has 1 aliphatic carbocycles. The molecule has 7 nitrogen and oxygen atoms in total. The van der Waals surface area contributed by atoms with Crippen LogP contribution in [0.4, 0.5) is 5.69 Å². The largest absolute Gasteiger partial charge is 0.395 e. The Morgan fingerprint density at radius 1 is 1.40 bits per heavy atom. The van der Waals surface area contributed by atoms with E-state index in [2.05, 4.69) is 19.7 Å². The van der Waals surface area contributed by atoms with E-state index >= 15 is 0 Å². The van der Waals surface area contributed by atoms with Crippen molar-refractivity contribution in [1.82, 2.24) is 24.6 Å². The van der Waals surface area contributed by atoms with Crippen molar-refractivity contribution in [2.75, 3.05) is 12.3 Å². The Hall–Kier alpha value is -2.31. The van der Waals surface area contributed by atoms with Crippen molar-refractivity contribution in [2.45, 2.75) is 31.8 Å². The van der Waals surface area contributed by atoms with Crippen molar-refractivity contribution >= 4 is 11.6 Å². The minimum Gasteiger partial charge on any atom is -0.395 e. The molecule has 2 aliphatic rings. The number of hydrogen-bond donors (Lipinski definition) is 2. The third kappa shape index (κ3) is 1.70. The number of anilines is 1. The highest BCUT2D eigenvalue weighted by Crippen LogP contribution is 2.42. The summed E-state index contributed by atoms with van der Waals surface area (Å²) >= 11 is 0. The molecule has 4 rings (SSSR count). The predicted molar refractivity (Wildman–Crippen MR) is 71.9 cm³/mol. The number of carbonyl (C=O) groups is 1. The van der Waals surface area contributed by atoms with Crippen molar-refractivity contribution in [2.24, 2.45) is 0 Å². The van der Waals surface area contributed by atoms with E-state index in [1.165, 1.54) is 0 Å². The summed E-state index contributed by atoms with van der Waals surface area (Å²) in [6.45, 7) is 1.94. The van der Waals surface area contributed by atoms with E-state index in [1.54, 1.807) is 11.1 Å². The lowest BCUT2D eigenvalue weighted by Gasteiger charge is -2.27. The molecule has 1 aliphatic heterocycles. The number of hydrogen-bond acceptors (Lipinski definition) is 4. The summed E-state index contributed by atoms with van der Waals surface area (Å²) in [4.78, 5) is 18.5. The fraction of sp³-hybridized carbons (Fsp3) is 0.462. The van der Waals surface area contributed by atoms with E-state index in [0.29, 0.717) is 30.4 Å². The molecule has 0 bridgehead atoms. The maximum absolute atomic E-state index is 12.5. The fourth-order valence-electron chi connectivity index (χ4n) is 2.71. The molecule has 3 heterocycles. The number of nitrogen functional groups attached to an aromatic ring is 1. The van der Waals surface area contributed by atoms with Crippen LogP contribution in [0, 0.1) is 0 Å². The van der Waals surface area contributed by atoms with Crippen molar-refractivity contribution in [1.29, 1.82) is 0 Å². The van der Waals surface area contributed by atoms with Gasteiger partial charge in [-0.15, -0.1) is 0 Å². The molecule has 0 unspecified atom stereocenters. The van der Waals surface area contributed by atoms with E-state index in [4.69, 9.17) is 5.73 Å². The lowest BCUT2D eigenvalue weighted by molar-refractivity contribution is 0.0702. The van der Waals surface area contributed by atoms with Gasteiger partial charge in [0.25, 0.3) is 5.91 Å². The summed E-state index contributed by atoms with van der Waals surface area (Å²) in [6, 6.07) is 0. The van der Waals surface area contributed by atoms with Gasteiger partial charge in [0.2, 0.25) is 0 Å². The van der Waals surface area contributed by atoms with Crippen LogP contribution in [0.3, 0.4) is 0 Å². The molecular weight excluding hydrogens is 256 g/mol. The molecule has 0 saturated heterocycles. The molecule has 20 heavy (non-hydrogen) atoms. The first-order valence-electron chi connectivity index (χ1n) is 6.87. The van der Waals surface area contributed by atoms with Crippen LogP contribution in [0.5, 0.6) is 0 Å². The van der Waals surface area contributed by atoms with Gasteiger partial charge in [-0.05, 0) is 12.8 Å². The van der Waals surface area contributed by atoms with Crippen LogP contribution < -0.4 is 5.73 Å². The number of imidazole rings is 1. The highest BCUT2D eigenvalue weighted by atomic mass is 16.2. The average molecular weight is 272 g/mol. The summed E-state index contributed by atoms with van der Waals surface area (Å²) in [5.74, 6) is 1.25. The molecule has 2 aromatic rings. The highest BCUT2D eigenvalue weighted by molar-refractivity contribution is 5.97. The number of carbonyl (C=O) groups excluding carboxylic acids is 1. The monoisotopic (exact) mass is 272 g/mol. The van der Waals surface area contributed by atoms with E-state index in [9.17, 15) is 4.79 Å². The Balaban J connectivity index is 1.59. The number of amides is 1. The second-order valence-electron chi connectivity index (χ2n) is 5.44. The minimum atomic E-state index is -0.111. The first kappa shape index (κ1) is 11.5. The van der Waals surface area contributed by atoms with Crippen molar-refractivity contribution in [3.63, 3.8) is 0 Å². The number of rotatable bonds is 2. The van der Waals surface area contributed by atoms with Crippen LogP contribution in [0.1, 0.15) is 40.8 Å². The van der Waals surface area contributed by atoms with Gasteiger partial charge in [-0.1, -0.05) is 0 Å². The smallest absolute Gasteiger partial charge is 0.276 e. The number of fused-ring (bicyclic) bond motifs is 1. The van der Waals surface area contributed by atoms with Crippen LogP contribution in [-0.2, 0) is 13.1 Å². The molecule has 3 N–H and O–H groups in total. The lowest BCUT2D eigenvalue weighted by atomic mass is 10.2. The van der Waals surface area contributed by atoms with Gasteiger partial charge in [0.1, 0.15) is 5.82 Å². The number of nitrogens with one attached hydrogen (secondary N) is 1. The quantitative estimate of drug-likeness (QED) is 0.842. The molecule has 0 atom stereocenters. The first-order chi connectivity index (χ1) is 9.74. The minimum absolute atomic E-state index is 0.111. The Labute approximate surface area is 115 Å². The lowest BCUT2D eigenvalue weighted by Crippen LogP contribution is -2.38. The van der Waals surface area contributed by atoms with Crippen LogP contribution in [0.25, 0.3) is 0 Å². The van der Waals surface area contributed by atoms with Crippen LogP contribution in [0.2, 0.25) is 0 Å². The maximum atomic E-state index is 12.5. The molecule has 104 valence electrons. The molecule has 0 aromatic carbocycles. The molecule has 7 heteroatoms. The van der Waals surface area contributed by atoms with Crippen LogP contribution in [-0.4, -0.2) is 37.1 Å². The topological polar surface area (TPSA) is 92.8 Å². The van der Waals surface area contributed by atoms with Gasteiger partial charge >= 0.3 is 0 Å². The normalized spacial score (nSPS) is 18.1. The van der Waals surface area contributed by atoms with Gasteiger partial charge in [0.05, 0.1) is 17.9 Å². The number of aromatic amines is 1. The Morgan fingerprint density at radius 3 is 3.05 bits per heavy atom. The summed E-state index contributed by atoms with van der Waals surface area (Å²) in [5, 5.41) is 7.05. The maximum Gasteiger partial charge on any atom is 0.276 e. The summed E-state index contributed by atoms with van der Waals surface area (Å²) in [6.07, 6.45) is 5.95. The zero-order valence-corrected chi connectivity index (χ0v) is 11.0. The predicted octanol–water partition coefficient (Wildman–Crippen LogP) is 0.722. The Kier molecular flexibility index (Phi) is 2.35. The molecule has 1 saturated carbocycles. The molecular formula is C13H16N6O. The molecule has 1 fully saturated rings. The van der Waals surface area contributed by atoms with Gasteiger partial charge in [-0.2, -0.15) is 5.10 Å². The van der Waals surface area contributed by atoms with Gasteiger partial charge in [0, 0.05) is 31.4 Å². The van der Waals surface area contributed by atoms with Gasteiger partial charge in [-0.3, -0.25) is 9.89 Å². The van der Waals surface area contributed by atoms with Crippen molar-refractivity contribution in [3.8, 4) is 0 Å². The second-order valence-corrected chi connectivity index (χ2v) is 5.44. The molecule has 0 spiro atoms. The van der Waals surface area contributed by atoms with Gasteiger partial charge in [0.15, 0.2) is 5.69 Å². The fourth-order valence-corrected chi connectivity index (χ4v) is 2.71. The number of aromatic nitrogens is 4. The Morgan fingerprint density at radius 2 is 2.25 bits per heavy atom. The van der Waals surface area contributed by atoms with Gasteiger partial charge in [-0.25, -0.2) is 4.98 Å². The highest BCUT2D eigenvalue weighted by Gasteiger charge is 2.32. The van der Waals surface area contributed by atoms with Gasteiger partial charge < -0.3 is 15.2 Å². The first-order valence-corrected chi connectivity index (χ1v) is 6.87. The molecule has 0 radical (unpaired) electrons. The number of nitrogens with two attached hydrogens (primary N) is 1. The number of nitrogens with zero attached hydrogens (tertiary/aromatic N) is 4. The SMILES string of the molecule is Nc1c(C(=O)N2CCn3ccnc3C2)n[nH]c1C1CC1. The van der Waals surface area contributed by atoms with Crippen molar-refractivity contribution < 1.29 is 4.79 Å². The zero-order chi connectivity index (χ0) is 13.7. The van der Waals surface area contributed by atoms with E-state index < -0.39 is 0 Å². The summed E-state index contributed by atoms with van der Waals surface area (Å²) in [7, 11) is 0. The van der Waals surface area contributed by atoms with E-state index in [-0.39, 0.29) is 5.91 Å². The van der Waals surface area contributed by atoms with Crippen LogP contribution in [0.15, 0.2) is 12.4 Å². The van der Waals surface area contributed by atoms with Crippen molar-refractivity contribution in [3.05, 3.63) is 29.6 Å². The standard InChI is InChI=1S/C13H16N6O/c14-10-11(8-1-2-8)16-17-12(10)13(20)19-6-5-18-4-3-15-9(18)7-19/h3-4,8H,1-2,5-7,14H2,(H,16,17). The molecule has 2 aromatic heterocycles. The third-order valence-electron chi connectivity index (χ3n) is 4.05. The zero-order valence-electron chi connectivity index (χ0n) is 11.0. The number of H-pyrrole nitrogens is 1. The third-order valence-corrected chi connectivity index (χ3v) is 4.05. The molecule has 1 amide bonds. The van der Waals surface area contributed by atoms with Crippen LogP contribution >= 0.6 is 0 Å². The second kappa shape index (κ2) is 4.09. The average Bonchev–Trinajstić information content (AvgIpc) is 3.06. The van der Waals surface area contributed by atoms with E-state index in [1.807, 2.05) is 6.20 Å². The van der Waals surface area contributed by atoms with E-state index in [0.717, 1.165) is 30.9 Å². The summed E-state index contributed by atoms with van der Waals surface area (Å²) < 4.78 is 2.06. The summed E-state index contributed by atoms with van der Waals surface area (Å²) in [5.41, 5.74) is 7.86. The Bertz CT molecular complexity index is 668.